The van der Waals surface area contributed by atoms with Crippen molar-refractivity contribution in [2.45, 2.75) is 20.3 Å². The van der Waals surface area contributed by atoms with Gasteiger partial charge in [0.1, 0.15) is 0 Å². The lowest BCUT2D eigenvalue weighted by Gasteiger charge is -2.22. The molecule has 0 spiro atoms. The highest BCUT2D eigenvalue weighted by atomic mass is 16.2. The largest absolute Gasteiger partial charge is 0.312 e. The minimum absolute atomic E-state index is 0.170. The third-order valence-electron chi connectivity index (χ3n) is 2.98. The van der Waals surface area contributed by atoms with E-state index in [1.54, 1.807) is 0 Å². The van der Waals surface area contributed by atoms with Gasteiger partial charge in [0.15, 0.2) is 0 Å². The Hall–Kier alpha value is -1.83. The smallest absolute Gasteiger partial charge is 0.226 e. The second kappa shape index (κ2) is 5.00. The van der Waals surface area contributed by atoms with E-state index in [0.717, 1.165) is 11.1 Å². The number of hydrogen-bond donors (Lipinski definition) is 0. The van der Waals surface area contributed by atoms with Gasteiger partial charge in [-0.2, -0.15) is 0 Å². The Morgan fingerprint density at radius 3 is 2.47 bits per heavy atom. The van der Waals surface area contributed by atoms with Gasteiger partial charge in [-0.3, -0.25) is 4.79 Å². The molecular weight excluding hydrogens is 210 g/mol. The number of rotatable bonds is 3. The van der Waals surface area contributed by atoms with Gasteiger partial charge < -0.3 is 4.90 Å². The lowest BCUT2D eigenvalue weighted by Crippen LogP contribution is -2.29. The average Bonchev–Trinajstić information content (AvgIpc) is 2.39. The maximum Gasteiger partial charge on any atom is 0.226 e. The summed E-state index contributed by atoms with van der Waals surface area (Å²) in [4.78, 5) is 13.8. The number of amides is 1. The lowest BCUT2D eigenvalue weighted by molar-refractivity contribution is -0.118. The molecule has 2 aromatic rings. The molecule has 0 aliphatic rings. The molecule has 0 unspecified atom stereocenters. The van der Waals surface area contributed by atoms with Crippen LogP contribution in [0.3, 0.4) is 0 Å². The number of fused-ring (bicyclic) bond motifs is 1. The van der Waals surface area contributed by atoms with Crippen molar-refractivity contribution in [2.24, 2.45) is 0 Å². The fourth-order valence-corrected chi connectivity index (χ4v) is 2.12. The number of hydrogen-bond acceptors (Lipinski definition) is 1. The summed E-state index contributed by atoms with van der Waals surface area (Å²) in [6.45, 7) is 4.62. The van der Waals surface area contributed by atoms with E-state index in [-0.39, 0.29) is 5.91 Å². The molecule has 2 rings (SSSR count). The summed E-state index contributed by atoms with van der Waals surface area (Å²) in [5.41, 5.74) is 1.01. The van der Waals surface area contributed by atoms with Crippen molar-refractivity contribution in [3.05, 3.63) is 42.5 Å². The molecule has 0 saturated heterocycles. The molecule has 0 fully saturated rings. The van der Waals surface area contributed by atoms with Crippen LogP contribution in [0.5, 0.6) is 0 Å². The van der Waals surface area contributed by atoms with Gasteiger partial charge in [0.05, 0.1) is 5.69 Å². The number of benzene rings is 2. The van der Waals surface area contributed by atoms with Crippen molar-refractivity contribution in [1.82, 2.24) is 0 Å². The third kappa shape index (κ3) is 2.16. The summed E-state index contributed by atoms with van der Waals surface area (Å²) >= 11 is 0. The highest BCUT2D eigenvalue weighted by Gasteiger charge is 2.13. The molecule has 0 atom stereocenters. The van der Waals surface area contributed by atoms with Gasteiger partial charge in [0, 0.05) is 18.4 Å². The van der Waals surface area contributed by atoms with E-state index in [9.17, 15) is 4.79 Å². The molecule has 2 nitrogen and oxygen atoms in total. The highest BCUT2D eigenvalue weighted by Crippen LogP contribution is 2.26. The minimum Gasteiger partial charge on any atom is -0.312 e. The zero-order valence-corrected chi connectivity index (χ0v) is 10.3. The molecule has 88 valence electrons. The maximum atomic E-state index is 11.9. The van der Waals surface area contributed by atoms with Crippen LogP contribution in [0.1, 0.15) is 20.3 Å². The van der Waals surface area contributed by atoms with Gasteiger partial charge in [-0.1, -0.05) is 43.3 Å². The number of nitrogens with zero attached hydrogens (tertiary/aromatic N) is 1. The van der Waals surface area contributed by atoms with E-state index >= 15 is 0 Å². The van der Waals surface area contributed by atoms with E-state index in [2.05, 4.69) is 18.2 Å². The molecule has 0 saturated carbocycles. The first-order chi connectivity index (χ1) is 8.27. The molecule has 1 amide bonds. The number of carbonyl (C=O) groups excluding carboxylic acids is 1. The molecule has 0 N–H and O–H groups in total. The minimum atomic E-state index is 0.170. The average molecular weight is 227 g/mol. The van der Waals surface area contributed by atoms with E-state index in [0.29, 0.717) is 13.0 Å². The van der Waals surface area contributed by atoms with Crippen molar-refractivity contribution in [3.63, 3.8) is 0 Å². The quantitative estimate of drug-likeness (QED) is 0.784. The normalized spacial score (nSPS) is 10.5. The van der Waals surface area contributed by atoms with Crippen LogP contribution in [0.2, 0.25) is 0 Å². The van der Waals surface area contributed by atoms with Crippen molar-refractivity contribution in [2.75, 3.05) is 11.4 Å². The fraction of sp³-hybridized carbons (Fsp3) is 0.267. The van der Waals surface area contributed by atoms with Crippen LogP contribution < -0.4 is 4.90 Å². The molecule has 17 heavy (non-hydrogen) atoms. The van der Waals surface area contributed by atoms with E-state index in [1.165, 1.54) is 5.39 Å². The van der Waals surface area contributed by atoms with Crippen molar-refractivity contribution in [1.29, 1.82) is 0 Å². The standard InChI is InChI=1S/C15H17NO/c1-3-15(17)16(4-2)14-11-7-9-12-8-5-6-10-13(12)14/h5-11H,3-4H2,1-2H3. The lowest BCUT2D eigenvalue weighted by atomic mass is 10.1. The molecule has 2 heteroatoms. The molecular formula is C15H17NO. The van der Waals surface area contributed by atoms with Crippen LogP contribution in [-0.2, 0) is 4.79 Å². The van der Waals surface area contributed by atoms with E-state index < -0.39 is 0 Å². The van der Waals surface area contributed by atoms with Crippen LogP contribution in [0.15, 0.2) is 42.5 Å². The summed E-state index contributed by atoms with van der Waals surface area (Å²) < 4.78 is 0. The molecule has 0 radical (unpaired) electrons. The summed E-state index contributed by atoms with van der Waals surface area (Å²) in [6, 6.07) is 14.3. The van der Waals surface area contributed by atoms with E-state index in [1.807, 2.05) is 43.0 Å². The zero-order valence-electron chi connectivity index (χ0n) is 10.3. The summed E-state index contributed by atoms with van der Waals surface area (Å²) in [5.74, 6) is 0.170. The maximum absolute atomic E-state index is 11.9. The van der Waals surface area contributed by atoms with Crippen molar-refractivity contribution >= 4 is 22.4 Å². The second-order valence-electron chi connectivity index (χ2n) is 3.99. The first-order valence-corrected chi connectivity index (χ1v) is 6.06. The Morgan fingerprint density at radius 1 is 1.06 bits per heavy atom. The SMILES string of the molecule is CCC(=O)N(CC)c1cccc2ccccc12. The molecule has 0 heterocycles. The summed E-state index contributed by atoms with van der Waals surface area (Å²) in [5, 5.41) is 2.31. The van der Waals surface area contributed by atoms with Crippen LogP contribution in [0.25, 0.3) is 10.8 Å². The Balaban J connectivity index is 2.57. The zero-order chi connectivity index (χ0) is 12.3. The van der Waals surface area contributed by atoms with Gasteiger partial charge in [0.2, 0.25) is 5.91 Å². The topological polar surface area (TPSA) is 20.3 Å². The Bertz CT molecular complexity index is 528. The molecule has 0 aliphatic carbocycles. The number of anilines is 1. The third-order valence-corrected chi connectivity index (χ3v) is 2.98. The molecule has 0 aromatic heterocycles. The van der Waals surface area contributed by atoms with Crippen molar-refractivity contribution in [3.8, 4) is 0 Å². The van der Waals surface area contributed by atoms with E-state index in [4.69, 9.17) is 0 Å². The predicted octanol–water partition coefficient (Wildman–Crippen LogP) is 3.60. The molecule has 2 aromatic carbocycles. The van der Waals surface area contributed by atoms with Crippen LogP contribution in [0.4, 0.5) is 5.69 Å². The monoisotopic (exact) mass is 227 g/mol. The predicted molar refractivity (Wildman–Crippen MR) is 72.3 cm³/mol. The van der Waals surface area contributed by atoms with Crippen LogP contribution in [0, 0.1) is 0 Å². The highest BCUT2D eigenvalue weighted by molar-refractivity contribution is 6.03. The van der Waals surface area contributed by atoms with Crippen LogP contribution >= 0.6 is 0 Å². The Labute approximate surface area is 102 Å². The first-order valence-electron chi connectivity index (χ1n) is 6.06. The second-order valence-corrected chi connectivity index (χ2v) is 3.99. The fourth-order valence-electron chi connectivity index (χ4n) is 2.12. The molecule has 0 aliphatic heterocycles. The molecule has 0 bridgehead atoms. The number of carbonyl (C=O) groups is 1. The van der Waals surface area contributed by atoms with Gasteiger partial charge in [-0.05, 0) is 18.4 Å². The van der Waals surface area contributed by atoms with Crippen molar-refractivity contribution < 1.29 is 4.79 Å². The summed E-state index contributed by atoms with van der Waals surface area (Å²) in [7, 11) is 0. The van der Waals surface area contributed by atoms with Gasteiger partial charge in [0.25, 0.3) is 0 Å². The van der Waals surface area contributed by atoms with Gasteiger partial charge in [-0.25, -0.2) is 0 Å². The first kappa shape index (κ1) is 11.6. The van der Waals surface area contributed by atoms with Gasteiger partial charge >= 0.3 is 0 Å². The summed E-state index contributed by atoms with van der Waals surface area (Å²) in [6.07, 6.45) is 0.539. The van der Waals surface area contributed by atoms with Gasteiger partial charge in [-0.15, -0.1) is 0 Å². The Kier molecular flexibility index (Phi) is 3.43. The Morgan fingerprint density at radius 2 is 1.76 bits per heavy atom. The van der Waals surface area contributed by atoms with Crippen LogP contribution in [-0.4, -0.2) is 12.5 Å².